The molecule has 1 aromatic heterocycles. The van der Waals surface area contributed by atoms with Gasteiger partial charge in [-0.3, -0.25) is 0 Å². The zero-order valence-electron chi connectivity index (χ0n) is 10.0. The third kappa shape index (κ3) is 3.22. The Morgan fingerprint density at radius 3 is 1.21 bits per heavy atom. The summed E-state index contributed by atoms with van der Waals surface area (Å²) in [7, 11) is 0. The molecule has 0 saturated heterocycles. The second kappa shape index (κ2) is 4.16. The Balaban J connectivity index is 0.00000169. The summed E-state index contributed by atoms with van der Waals surface area (Å²) < 4.78 is 0. The Labute approximate surface area is 99.6 Å². The first-order valence-corrected chi connectivity index (χ1v) is 4.86. The van der Waals surface area contributed by atoms with Crippen molar-refractivity contribution in [3.63, 3.8) is 0 Å². The van der Waals surface area contributed by atoms with Crippen molar-refractivity contribution in [3.8, 4) is 0 Å². The van der Waals surface area contributed by atoms with Crippen LogP contribution in [0.25, 0.3) is 0 Å². The Kier molecular flexibility index (Phi) is 4.12. The summed E-state index contributed by atoms with van der Waals surface area (Å²) in [5.74, 6) is 0. The van der Waals surface area contributed by atoms with Crippen LogP contribution in [0.4, 0.5) is 0 Å². The van der Waals surface area contributed by atoms with Gasteiger partial charge in [-0.1, -0.05) is 53.7 Å². The molecule has 0 atom stereocenters. The summed E-state index contributed by atoms with van der Waals surface area (Å²) in [6.45, 7) is 13.2. The number of rotatable bonds is 0. The molecule has 1 heterocycles. The molecule has 14 heavy (non-hydrogen) atoms. The minimum Gasteiger partial charge on any atom is -0.664 e. The monoisotopic (exact) mass is 229 g/mol. The van der Waals surface area contributed by atoms with Crippen LogP contribution in [0.3, 0.4) is 0 Å². The molecule has 0 unspecified atom stereocenters. The van der Waals surface area contributed by atoms with Gasteiger partial charge < -0.3 is 4.98 Å². The molecule has 0 fully saturated rings. The van der Waals surface area contributed by atoms with Crippen molar-refractivity contribution < 1.29 is 18.6 Å². The Hall–Kier alpha value is -0.136. The summed E-state index contributed by atoms with van der Waals surface area (Å²) in [5.41, 5.74) is 2.72. The van der Waals surface area contributed by atoms with Crippen LogP contribution in [0.5, 0.6) is 0 Å². The van der Waals surface area contributed by atoms with Crippen LogP contribution in [-0.2, 0) is 29.4 Å². The molecule has 0 aliphatic carbocycles. The van der Waals surface area contributed by atoms with Gasteiger partial charge in [-0.2, -0.15) is 11.4 Å². The van der Waals surface area contributed by atoms with Crippen LogP contribution in [0, 0.1) is 0 Å². The zero-order chi connectivity index (χ0) is 10.3. The van der Waals surface area contributed by atoms with Crippen molar-refractivity contribution >= 4 is 0 Å². The number of nitrogens with zero attached hydrogens (tertiary/aromatic N) is 1. The minimum absolute atomic E-state index is 0. The van der Waals surface area contributed by atoms with Gasteiger partial charge in [0.05, 0.1) is 0 Å². The standard InChI is InChI=1S/C12H20N.V/c1-11(2,3)9-7-8-10(13-9)12(4,5)6;/h7-8H,1-6H3;/q-1;. The predicted molar refractivity (Wildman–Crippen MR) is 57.2 cm³/mol. The van der Waals surface area contributed by atoms with Gasteiger partial charge in [0, 0.05) is 18.6 Å². The summed E-state index contributed by atoms with van der Waals surface area (Å²) in [4.78, 5) is 4.65. The Morgan fingerprint density at radius 1 is 0.786 bits per heavy atom. The van der Waals surface area contributed by atoms with E-state index in [0.717, 1.165) is 0 Å². The second-order valence-corrected chi connectivity index (χ2v) is 5.72. The Morgan fingerprint density at radius 2 is 1.07 bits per heavy atom. The van der Waals surface area contributed by atoms with E-state index in [2.05, 4.69) is 58.7 Å². The summed E-state index contributed by atoms with van der Waals surface area (Å²) in [5, 5.41) is 0. The molecule has 0 aliphatic heterocycles. The zero-order valence-corrected chi connectivity index (χ0v) is 11.4. The minimum atomic E-state index is 0. The molecule has 0 N–H and O–H groups in total. The summed E-state index contributed by atoms with van der Waals surface area (Å²) in [6.07, 6.45) is 0. The fourth-order valence-corrected chi connectivity index (χ4v) is 1.20. The van der Waals surface area contributed by atoms with Gasteiger partial charge in [0.1, 0.15) is 0 Å². The van der Waals surface area contributed by atoms with Gasteiger partial charge >= 0.3 is 0 Å². The molecule has 0 aliphatic rings. The summed E-state index contributed by atoms with van der Waals surface area (Å²) in [6, 6.07) is 4.28. The molecule has 0 saturated carbocycles. The fourth-order valence-electron chi connectivity index (χ4n) is 1.20. The maximum Gasteiger partial charge on any atom is 0 e. The van der Waals surface area contributed by atoms with Crippen molar-refractivity contribution in [1.82, 2.24) is 4.98 Å². The smallest absolute Gasteiger partial charge is 0 e. The van der Waals surface area contributed by atoms with Crippen molar-refractivity contribution in [2.45, 2.75) is 52.4 Å². The first-order chi connectivity index (χ1) is 5.71. The van der Waals surface area contributed by atoms with Crippen LogP contribution in [-0.4, -0.2) is 0 Å². The van der Waals surface area contributed by atoms with Crippen LogP contribution in [0.1, 0.15) is 52.9 Å². The van der Waals surface area contributed by atoms with Gasteiger partial charge in [0.2, 0.25) is 0 Å². The van der Waals surface area contributed by atoms with Crippen LogP contribution >= 0.6 is 0 Å². The van der Waals surface area contributed by atoms with Crippen LogP contribution in [0.15, 0.2) is 12.1 Å². The molecule has 1 radical (unpaired) electrons. The van der Waals surface area contributed by atoms with Gasteiger partial charge in [-0.05, 0) is 10.8 Å². The average molecular weight is 229 g/mol. The number of hydrogen-bond donors (Lipinski definition) is 0. The van der Waals surface area contributed by atoms with Gasteiger partial charge in [0.25, 0.3) is 0 Å². The third-order valence-electron chi connectivity index (χ3n) is 2.18. The quantitative estimate of drug-likeness (QED) is 0.666. The van der Waals surface area contributed by atoms with E-state index < -0.39 is 0 Å². The second-order valence-electron chi connectivity index (χ2n) is 5.72. The molecule has 0 amide bonds. The summed E-state index contributed by atoms with van der Waals surface area (Å²) >= 11 is 0. The van der Waals surface area contributed by atoms with E-state index in [1.165, 1.54) is 11.4 Å². The first-order valence-electron chi connectivity index (χ1n) is 4.86. The molecule has 0 spiro atoms. The molecular weight excluding hydrogens is 209 g/mol. The maximum atomic E-state index is 4.65. The largest absolute Gasteiger partial charge is 0.664 e. The maximum absolute atomic E-state index is 4.65. The first kappa shape index (κ1) is 13.9. The van der Waals surface area contributed by atoms with E-state index in [-0.39, 0.29) is 29.4 Å². The number of hydrogen-bond acceptors (Lipinski definition) is 0. The van der Waals surface area contributed by atoms with Crippen molar-refractivity contribution in [2.75, 3.05) is 0 Å². The molecule has 79 valence electrons. The van der Waals surface area contributed by atoms with Crippen LogP contribution < -0.4 is 4.98 Å². The Bertz CT molecular complexity index is 258. The molecule has 2 heteroatoms. The average Bonchev–Trinajstić information content (AvgIpc) is 2.28. The predicted octanol–water partition coefficient (Wildman–Crippen LogP) is 3.24. The van der Waals surface area contributed by atoms with Gasteiger partial charge in [-0.15, -0.1) is 0 Å². The molecular formula is C12H20NV-. The molecule has 1 nitrogen and oxygen atoms in total. The van der Waals surface area contributed by atoms with E-state index in [1.54, 1.807) is 0 Å². The molecule has 1 rings (SSSR count). The van der Waals surface area contributed by atoms with Crippen molar-refractivity contribution in [1.29, 1.82) is 0 Å². The normalized spacial score (nSPS) is 12.4. The molecule has 1 aromatic rings. The SMILES string of the molecule is CC(C)(C)c1ccc(C(C)(C)C)[n-]1.[V]. The molecule has 0 bridgehead atoms. The van der Waals surface area contributed by atoms with E-state index >= 15 is 0 Å². The fraction of sp³-hybridized carbons (Fsp3) is 0.667. The topological polar surface area (TPSA) is 14.1 Å². The number of aromatic nitrogens is 1. The van der Waals surface area contributed by atoms with E-state index in [0.29, 0.717) is 0 Å². The third-order valence-corrected chi connectivity index (χ3v) is 2.18. The molecule has 0 aromatic carbocycles. The van der Waals surface area contributed by atoms with E-state index in [4.69, 9.17) is 0 Å². The van der Waals surface area contributed by atoms with Gasteiger partial charge in [0.15, 0.2) is 0 Å². The van der Waals surface area contributed by atoms with E-state index in [1.807, 2.05) is 0 Å². The van der Waals surface area contributed by atoms with E-state index in [9.17, 15) is 0 Å². The van der Waals surface area contributed by atoms with Crippen LogP contribution in [0.2, 0.25) is 0 Å². The van der Waals surface area contributed by atoms with Crippen molar-refractivity contribution in [3.05, 3.63) is 23.5 Å². The van der Waals surface area contributed by atoms with Gasteiger partial charge in [-0.25, -0.2) is 0 Å². The van der Waals surface area contributed by atoms with Crippen molar-refractivity contribution in [2.24, 2.45) is 0 Å².